The molecule has 1 fully saturated rings. The van der Waals surface area contributed by atoms with Crippen LogP contribution in [0.3, 0.4) is 0 Å². The zero-order valence-electron chi connectivity index (χ0n) is 11.4. The highest BCUT2D eigenvalue weighted by Gasteiger charge is 2.34. The molecule has 1 heterocycles. The van der Waals surface area contributed by atoms with Gasteiger partial charge in [0.1, 0.15) is 0 Å². The smallest absolute Gasteiger partial charge is 0.377 e. The Morgan fingerprint density at radius 3 is 1.88 bits per heavy atom. The Morgan fingerprint density at radius 1 is 1.24 bits per heavy atom. The summed E-state index contributed by atoms with van der Waals surface area (Å²) in [5.74, 6) is 0. The third kappa shape index (κ3) is 6.01. The van der Waals surface area contributed by atoms with Crippen molar-refractivity contribution >= 4 is 25.7 Å². The Hall–Kier alpha value is 0.117. The molecule has 1 rings (SSSR count). The van der Waals surface area contributed by atoms with Gasteiger partial charge in [-0.05, 0) is 6.42 Å². The minimum absolute atomic E-state index is 0.378. The quantitative estimate of drug-likeness (QED) is 0.700. The summed E-state index contributed by atoms with van der Waals surface area (Å²) in [4.78, 5) is 10.3. The van der Waals surface area contributed by atoms with Gasteiger partial charge in [-0.2, -0.15) is 0 Å². The van der Waals surface area contributed by atoms with E-state index in [0.29, 0.717) is 10.4 Å². The fraction of sp³-hybridized carbons (Fsp3) is 0.909. The molecule has 1 atom stereocenters. The first-order chi connectivity index (χ1) is 8.07. The van der Waals surface area contributed by atoms with Crippen LogP contribution in [0.4, 0.5) is 0 Å². The molecule has 6 heteroatoms. The van der Waals surface area contributed by atoms with Gasteiger partial charge < -0.3 is 13.3 Å². The topological polar surface area (TPSA) is 44.8 Å². The summed E-state index contributed by atoms with van der Waals surface area (Å²) in [6.07, 6.45) is 3.26. The normalized spacial score (nSPS) is 19.4. The van der Waals surface area contributed by atoms with Crippen molar-refractivity contribution in [2.75, 3.05) is 21.3 Å². The van der Waals surface area contributed by atoms with E-state index in [-0.39, 0.29) is 0 Å². The Morgan fingerprint density at radius 2 is 1.71 bits per heavy atom. The lowest BCUT2D eigenvalue weighted by Gasteiger charge is -2.22. The fourth-order valence-corrected chi connectivity index (χ4v) is 3.85. The zero-order valence-corrected chi connectivity index (χ0v) is 13.3. The second-order valence-electron chi connectivity index (χ2n) is 3.75. The van der Waals surface area contributed by atoms with E-state index in [1.165, 1.54) is 24.6 Å². The summed E-state index contributed by atoms with van der Waals surface area (Å²) in [5, 5.41) is 1.05. The molecule has 17 heavy (non-hydrogen) atoms. The van der Waals surface area contributed by atoms with Crippen LogP contribution in [0.2, 0.25) is 6.04 Å². The average Bonchev–Trinajstić information content (AvgIpc) is 2.32. The molecule has 0 aromatic heterocycles. The molecule has 0 saturated carbocycles. The van der Waals surface area contributed by atoms with Crippen molar-refractivity contribution < 1.29 is 18.1 Å². The number of thioether (sulfide) groups is 1. The molecule has 0 radical (unpaired) electrons. The van der Waals surface area contributed by atoms with E-state index in [9.17, 15) is 4.79 Å². The lowest BCUT2D eigenvalue weighted by Crippen LogP contribution is -2.41. The predicted octanol–water partition coefficient (Wildman–Crippen LogP) is 2.70. The van der Waals surface area contributed by atoms with Crippen molar-refractivity contribution in [1.29, 1.82) is 0 Å². The molecule has 0 amide bonds. The molecule has 1 unspecified atom stereocenters. The lowest BCUT2D eigenvalue weighted by atomic mass is 10.2. The second-order valence-corrected chi connectivity index (χ2v) is 8.41. The minimum atomic E-state index is -2.19. The van der Waals surface area contributed by atoms with Gasteiger partial charge >= 0.3 is 8.80 Å². The van der Waals surface area contributed by atoms with E-state index in [0.717, 1.165) is 12.5 Å². The summed E-state index contributed by atoms with van der Waals surface area (Å²) in [7, 11) is 2.65. The Bertz CT molecular complexity index is 196. The molecular formula is C11H24O4SSi. The van der Waals surface area contributed by atoms with E-state index in [2.05, 4.69) is 6.92 Å². The Balaban J connectivity index is 0.000000302. The summed E-state index contributed by atoms with van der Waals surface area (Å²) in [5.41, 5.74) is 0. The van der Waals surface area contributed by atoms with Crippen molar-refractivity contribution in [2.45, 2.75) is 44.4 Å². The van der Waals surface area contributed by atoms with Gasteiger partial charge in [0.15, 0.2) is 5.12 Å². The van der Waals surface area contributed by atoms with Gasteiger partial charge in [-0.15, -0.1) is 0 Å². The van der Waals surface area contributed by atoms with Crippen LogP contribution >= 0.6 is 11.8 Å². The molecule has 0 spiro atoms. The molecule has 1 aliphatic heterocycles. The molecule has 0 aromatic rings. The lowest BCUT2D eigenvalue weighted by molar-refractivity contribution is -0.112. The van der Waals surface area contributed by atoms with E-state index in [1.807, 2.05) is 6.92 Å². The third-order valence-corrected chi connectivity index (χ3v) is 6.57. The van der Waals surface area contributed by atoms with Gasteiger partial charge in [0.25, 0.3) is 0 Å². The number of carbonyl (C=O) groups is 1. The molecule has 102 valence electrons. The standard InChI is InChI=1S/C6H10OS.C5H14O3Si/c1-2-3-5-4-6(7)8-5;1-5-9(6-2,7-3)8-4/h5H,2-4H2,1H3;5H2,1-4H3. The molecule has 1 saturated heterocycles. The molecule has 0 aromatic carbocycles. The van der Waals surface area contributed by atoms with Crippen LogP contribution in [0.15, 0.2) is 0 Å². The van der Waals surface area contributed by atoms with E-state index in [1.54, 1.807) is 21.3 Å². The molecule has 0 bridgehead atoms. The first-order valence-corrected chi connectivity index (χ1v) is 8.73. The van der Waals surface area contributed by atoms with Gasteiger partial charge in [-0.25, -0.2) is 0 Å². The third-order valence-electron chi connectivity index (χ3n) is 2.67. The zero-order chi connectivity index (χ0) is 13.3. The molecule has 0 aliphatic carbocycles. The monoisotopic (exact) mass is 280 g/mol. The highest BCUT2D eigenvalue weighted by Crippen LogP contribution is 2.32. The number of hydrogen-bond acceptors (Lipinski definition) is 5. The SMILES string of the molecule is CCCC1CC(=O)S1.CC[Si](OC)(OC)OC. The Kier molecular flexibility index (Phi) is 9.16. The maximum Gasteiger partial charge on any atom is 0.499 e. The van der Waals surface area contributed by atoms with E-state index in [4.69, 9.17) is 13.3 Å². The molecular weight excluding hydrogens is 256 g/mol. The first-order valence-electron chi connectivity index (χ1n) is 5.92. The summed E-state index contributed by atoms with van der Waals surface area (Å²) >= 11 is 1.51. The van der Waals surface area contributed by atoms with Crippen molar-refractivity contribution in [3.05, 3.63) is 0 Å². The van der Waals surface area contributed by atoms with Crippen molar-refractivity contribution in [3.8, 4) is 0 Å². The van der Waals surface area contributed by atoms with Crippen molar-refractivity contribution in [1.82, 2.24) is 0 Å². The predicted molar refractivity (Wildman–Crippen MR) is 73.2 cm³/mol. The molecule has 4 nitrogen and oxygen atoms in total. The number of carbonyl (C=O) groups excluding carboxylic acids is 1. The highest BCUT2D eigenvalue weighted by atomic mass is 32.2. The van der Waals surface area contributed by atoms with Gasteiger partial charge in [-0.3, -0.25) is 4.79 Å². The summed E-state index contributed by atoms with van der Waals surface area (Å²) < 4.78 is 15.2. The van der Waals surface area contributed by atoms with Crippen LogP contribution in [0.1, 0.15) is 33.1 Å². The van der Waals surface area contributed by atoms with Gasteiger partial charge in [0.2, 0.25) is 0 Å². The summed E-state index contributed by atoms with van der Waals surface area (Å²) in [6, 6.07) is 0.816. The Labute approximate surface area is 110 Å². The molecule has 1 aliphatic rings. The highest BCUT2D eigenvalue weighted by molar-refractivity contribution is 8.16. The van der Waals surface area contributed by atoms with E-state index < -0.39 is 8.80 Å². The average molecular weight is 280 g/mol. The largest absolute Gasteiger partial charge is 0.499 e. The maximum atomic E-state index is 10.3. The van der Waals surface area contributed by atoms with Gasteiger partial charge in [0, 0.05) is 39.0 Å². The van der Waals surface area contributed by atoms with Crippen LogP contribution in [0, 0.1) is 0 Å². The number of hydrogen-bond donors (Lipinski definition) is 0. The molecule has 0 N–H and O–H groups in total. The first kappa shape index (κ1) is 17.1. The van der Waals surface area contributed by atoms with Crippen LogP contribution in [-0.4, -0.2) is 40.5 Å². The van der Waals surface area contributed by atoms with Crippen LogP contribution < -0.4 is 0 Å². The van der Waals surface area contributed by atoms with Gasteiger partial charge in [0.05, 0.1) is 0 Å². The fourth-order valence-electron chi connectivity index (χ4n) is 1.53. The van der Waals surface area contributed by atoms with E-state index >= 15 is 0 Å². The van der Waals surface area contributed by atoms with Crippen LogP contribution in [0.25, 0.3) is 0 Å². The van der Waals surface area contributed by atoms with Crippen LogP contribution in [-0.2, 0) is 18.1 Å². The second kappa shape index (κ2) is 9.10. The number of rotatable bonds is 6. The van der Waals surface area contributed by atoms with Crippen molar-refractivity contribution in [3.63, 3.8) is 0 Å². The van der Waals surface area contributed by atoms with Crippen LogP contribution in [0.5, 0.6) is 0 Å². The van der Waals surface area contributed by atoms with Crippen molar-refractivity contribution in [2.24, 2.45) is 0 Å². The maximum absolute atomic E-state index is 10.3. The minimum Gasteiger partial charge on any atom is -0.377 e. The summed E-state index contributed by atoms with van der Waals surface area (Å²) in [6.45, 7) is 4.14. The van der Waals surface area contributed by atoms with Gasteiger partial charge in [-0.1, -0.05) is 32.0 Å².